The quantitative estimate of drug-likeness (QED) is 0.451. The molecule has 156 valence electrons. The van der Waals surface area contributed by atoms with Gasteiger partial charge in [0.25, 0.3) is 0 Å². The van der Waals surface area contributed by atoms with Crippen LogP contribution in [0.25, 0.3) is 10.6 Å². The molecule has 0 aliphatic carbocycles. The minimum absolute atomic E-state index is 0.0481. The molecule has 0 aliphatic rings. The molecule has 1 heterocycles. The van der Waals surface area contributed by atoms with Gasteiger partial charge in [-0.3, -0.25) is 9.59 Å². The van der Waals surface area contributed by atoms with Crippen LogP contribution >= 0.6 is 34.7 Å². The summed E-state index contributed by atoms with van der Waals surface area (Å²) in [6, 6.07) is 12.9. The Hall–Kier alpha value is -2.42. The Morgan fingerprint density at radius 1 is 1.23 bits per heavy atom. The molecule has 1 atom stereocenters. The van der Waals surface area contributed by atoms with Crippen LogP contribution in [0.5, 0.6) is 0 Å². The number of aromatic nitrogens is 1. The topological polar surface area (TPSA) is 68.3 Å². The van der Waals surface area contributed by atoms with Gasteiger partial charge < -0.3 is 10.1 Å². The maximum atomic E-state index is 12.9. The minimum Gasteiger partial charge on any atom is -0.458 e. The number of hydrogen-bond donors (Lipinski definition) is 1. The Balaban J connectivity index is 1.44. The van der Waals surface area contributed by atoms with Gasteiger partial charge in [-0.15, -0.1) is 23.1 Å². The molecular formula is C21H18ClFN2O3S2. The Bertz CT molecular complexity index is 1030. The zero-order valence-electron chi connectivity index (χ0n) is 15.9. The third-order valence-corrected chi connectivity index (χ3v) is 6.32. The van der Waals surface area contributed by atoms with Gasteiger partial charge in [0.05, 0.1) is 16.5 Å². The second kappa shape index (κ2) is 10.6. The zero-order chi connectivity index (χ0) is 21.5. The van der Waals surface area contributed by atoms with Gasteiger partial charge in [0.15, 0.2) is 0 Å². The summed E-state index contributed by atoms with van der Waals surface area (Å²) in [4.78, 5) is 28.6. The molecule has 1 unspecified atom stereocenters. The second-order valence-electron chi connectivity index (χ2n) is 6.24. The fourth-order valence-corrected chi connectivity index (χ4v) is 4.20. The van der Waals surface area contributed by atoms with Crippen molar-refractivity contribution in [3.63, 3.8) is 0 Å². The molecule has 0 saturated heterocycles. The number of hydrogen-bond acceptors (Lipinski definition) is 6. The number of halogens is 2. The Morgan fingerprint density at radius 3 is 2.70 bits per heavy atom. The van der Waals surface area contributed by atoms with Crippen molar-refractivity contribution < 1.29 is 18.7 Å². The fraction of sp³-hybridized carbons (Fsp3) is 0.190. The molecule has 0 bridgehead atoms. The zero-order valence-corrected chi connectivity index (χ0v) is 18.3. The summed E-state index contributed by atoms with van der Waals surface area (Å²) < 4.78 is 18.2. The van der Waals surface area contributed by atoms with Crippen molar-refractivity contribution in [1.82, 2.24) is 4.98 Å². The van der Waals surface area contributed by atoms with Crippen molar-refractivity contribution in [2.24, 2.45) is 0 Å². The van der Waals surface area contributed by atoms with E-state index in [0.717, 1.165) is 22.3 Å². The first-order valence-electron chi connectivity index (χ1n) is 8.95. The van der Waals surface area contributed by atoms with Crippen molar-refractivity contribution in [3.05, 3.63) is 70.4 Å². The summed E-state index contributed by atoms with van der Waals surface area (Å²) in [5.74, 6) is -1.02. The van der Waals surface area contributed by atoms with Crippen LogP contribution in [-0.2, 0) is 20.9 Å². The average Bonchev–Trinajstić information content (AvgIpc) is 3.21. The molecule has 1 aromatic heterocycles. The van der Waals surface area contributed by atoms with Crippen LogP contribution in [0.2, 0.25) is 5.02 Å². The molecule has 0 aliphatic heterocycles. The molecule has 5 nitrogen and oxygen atoms in total. The van der Waals surface area contributed by atoms with Crippen molar-refractivity contribution in [2.45, 2.75) is 18.8 Å². The van der Waals surface area contributed by atoms with Gasteiger partial charge >= 0.3 is 5.97 Å². The number of esters is 1. The molecule has 3 rings (SSSR count). The van der Waals surface area contributed by atoms with E-state index in [9.17, 15) is 14.0 Å². The predicted octanol–water partition coefficient (Wildman–Crippen LogP) is 5.41. The Morgan fingerprint density at radius 2 is 1.97 bits per heavy atom. The number of ether oxygens (including phenoxy) is 1. The molecule has 0 saturated carbocycles. The highest BCUT2D eigenvalue weighted by Gasteiger charge is 2.18. The summed E-state index contributed by atoms with van der Waals surface area (Å²) in [5, 5.41) is 5.31. The molecule has 3 aromatic rings. The summed E-state index contributed by atoms with van der Waals surface area (Å²) in [6.07, 6.45) is 0. The van der Waals surface area contributed by atoms with E-state index in [2.05, 4.69) is 10.3 Å². The number of rotatable bonds is 8. The summed E-state index contributed by atoms with van der Waals surface area (Å²) in [7, 11) is 0. The number of thioether (sulfide) groups is 1. The Kier molecular flexibility index (Phi) is 7.84. The normalized spacial score (nSPS) is 11.7. The SMILES string of the molecule is CC(SCC(=O)Nc1ccc(F)cc1)C(=O)OCc1csc(-c2ccccc2Cl)n1. The predicted molar refractivity (Wildman–Crippen MR) is 119 cm³/mol. The van der Waals surface area contributed by atoms with E-state index in [-0.39, 0.29) is 24.1 Å². The number of nitrogens with one attached hydrogen (secondary N) is 1. The van der Waals surface area contributed by atoms with E-state index in [1.807, 2.05) is 23.6 Å². The maximum absolute atomic E-state index is 12.9. The van der Waals surface area contributed by atoms with Crippen LogP contribution in [0.3, 0.4) is 0 Å². The highest BCUT2D eigenvalue weighted by molar-refractivity contribution is 8.01. The second-order valence-corrected chi connectivity index (χ2v) is 8.83. The summed E-state index contributed by atoms with van der Waals surface area (Å²) >= 11 is 8.77. The van der Waals surface area contributed by atoms with Crippen LogP contribution in [0.4, 0.5) is 10.1 Å². The Labute approximate surface area is 186 Å². The standard InChI is InChI=1S/C21H18ClFN2O3S2/c1-13(29-12-19(26)24-15-8-6-14(23)7-9-15)21(27)28-10-16-11-30-20(25-16)17-4-2-3-5-18(17)22/h2-9,11,13H,10,12H2,1H3,(H,24,26). The van der Waals surface area contributed by atoms with Crippen LogP contribution < -0.4 is 5.32 Å². The van der Waals surface area contributed by atoms with Crippen LogP contribution in [-0.4, -0.2) is 27.9 Å². The van der Waals surface area contributed by atoms with E-state index < -0.39 is 11.2 Å². The lowest BCUT2D eigenvalue weighted by atomic mass is 10.2. The van der Waals surface area contributed by atoms with Crippen molar-refractivity contribution in [2.75, 3.05) is 11.1 Å². The molecule has 9 heteroatoms. The minimum atomic E-state index is -0.523. The first-order chi connectivity index (χ1) is 14.4. The van der Waals surface area contributed by atoms with Gasteiger partial charge in [0.2, 0.25) is 5.91 Å². The number of amides is 1. The molecule has 30 heavy (non-hydrogen) atoms. The van der Waals surface area contributed by atoms with E-state index in [1.165, 1.54) is 35.6 Å². The highest BCUT2D eigenvalue weighted by Crippen LogP contribution is 2.30. The number of nitrogens with zero attached hydrogens (tertiary/aromatic N) is 1. The van der Waals surface area contributed by atoms with Gasteiger partial charge in [-0.2, -0.15) is 0 Å². The average molecular weight is 465 g/mol. The number of carbonyl (C=O) groups is 2. The molecule has 0 spiro atoms. The molecule has 0 fully saturated rings. The third-order valence-electron chi connectivity index (χ3n) is 3.94. The summed E-state index contributed by atoms with van der Waals surface area (Å²) in [5.41, 5.74) is 1.96. The van der Waals surface area contributed by atoms with Crippen LogP contribution in [0.1, 0.15) is 12.6 Å². The van der Waals surface area contributed by atoms with Gasteiger partial charge in [0.1, 0.15) is 22.7 Å². The third kappa shape index (κ3) is 6.29. The molecular weight excluding hydrogens is 447 g/mol. The van der Waals surface area contributed by atoms with E-state index in [1.54, 1.807) is 13.0 Å². The van der Waals surface area contributed by atoms with E-state index in [4.69, 9.17) is 16.3 Å². The van der Waals surface area contributed by atoms with Crippen molar-refractivity contribution in [3.8, 4) is 10.6 Å². The van der Waals surface area contributed by atoms with Gasteiger partial charge in [-0.1, -0.05) is 29.8 Å². The first-order valence-corrected chi connectivity index (χ1v) is 11.3. The molecule has 0 radical (unpaired) electrons. The molecule has 1 amide bonds. The van der Waals surface area contributed by atoms with E-state index in [0.29, 0.717) is 16.4 Å². The number of carbonyl (C=O) groups excluding carboxylic acids is 2. The van der Waals surface area contributed by atoms with Crippen molar-refractivity contribution >= 4 is 52.3 Å². The number of benzene rings is 2. The maximum Gasteiger partial charge on any atom is 0.319 e. The largest absolute Gasteiger partial charge is 0.458 e. The monoisotopic (exact) mass is 464 g/mol. The molecule has 1 N–H and O–H groups in total. The fourth-order valence-electron chi connectivity index (χ4n) is 2.39. The van der Waals surface area contributed by atoms with Crippen LogP contribution in [0, 0.1) is 5.82 Å². The lowest BCUT2D eigenvalue weighted by Gasteiger charge is -2.11. The van der Waals surface area contributed by atoms with Gasteiger partial charge in [-0.25, -0.2) is 9.37 Å². The van der Waals surface area contributed by atoms with Gasteiger partial charge in [0, 0.05) is 16.6 Å². The summed E-state index contributed by atoms with van der Waals surface area (Å²) in [6.45, 7) is 1.72. The molecule has 2 aromatic carbocycles. The van der Waals surface area contributed by atoms with E-state index >= 15 is 0 Å². The first kappa shape index (κ1) is 22.3. The van der Waals surface area contributed by atoms with Crippen molar-refractivity contribution in [1.29, 1.82) is 0 Å². The highest BCUT2D eigenvalue weighted by atomic mass is 35.5. The number of thiazole rings is 1. The smallest absolute Gasteiger partial charge is 0.319 e. The lowest BCUT2D eigenvalue weighted by molar-refractivity contribution is -0.144. The number of anilines is 1. The van der Waals surface area contributed by atoms with Gasteiger partial charge in [-0.05, 0) is 37.3 Å². The lowest BCUT2D eigenvalue weighted by Crippen LogP contribution is -2.21. The van der Waals surface area contributed by atoms with Crippen LogP contribution in [0.15, 0.2) is 53.9 Å².